The lowest BCUT2D eigenvalue weighted by Crippen LogP contribution is -2.19. The van der Waals surface area contributed by atoms with E-state index in [9.17, 15) is 0 Å². The molecule has 0 fully saturated rings. The van der Waals surface area contributed by atoms with Gasteiger partial charge < -0.3 is 9.73 Å². The monoisotopic (exact) mass is 241 g/mol. The van der Waals surface area contributed by atoms with E-state index in [1.807, 2.05) is 25.1 Å². The minimum absolute atomic E-state index is 0.219. The minimum atomic E-state index is 0.219. The van der Waals surface area contributed by atoms with Crippen LogP contribution in [0.5, 0.6) is 0 Å². The van der Waals surface area contributed by atoms with Crippen LogP contribution in [0.15, 0.2) is 28.7 Å². The molecule has 1 aromatic carbocycles. The lowest BCUT2D eigenvalue weighted by Gasteiger charge is -2.10. The molecule has 1 aromatic heterocycles. The SMILES string of the molecule is CC#CCCNC(C)c1oc2ccccc2c1C. The highest BCUT2D eigenvalue weighted by molar-refractivity contribution is 5.82. The number of benzene rings is 1. The summed E-state index contributed by atoms with van der Waals surface area (Å²) in [5.41, 5.74) is 2.19. The molecule has 1 N–H and O–H groups in total. The van der Waals surface area contributed by atoms with Crippen molar-refractivity contribution in [1.82, 2.24) is 5.32 Å². The second kappa shape index (κ2) is 5.75. The highest BCUT2D eigenvalue weighted by Gasteiger charge is 2.15. The lowest BCUT2D eigenvalue weighted by atomic mass is 10.1. The Balaban J connectivity index is 2.14. The van der Waals surface area contributed by atoms with Gasteiger partial charge in [0, 0.05) is 18.4 Å². The number of furan rings is 1. The van der Waals surface area contributed by atoms with Crippen LogP contribution in [0.2, 0.25) is 0 Å². The molecule has 0 saturated carbocycles. The second-order valence-corrected chi connectivity index (χ2v) is 4.44. The molecule has 0 aliphatic heterocycles. The molecule has 1 unspecified atom stereocenters. The first-order chi connectivity index (χ1) is 8.74. The molecule has 0 spiro atoms. The van der Waals surface area contributed by atoms with Gasteiger partial charge in [0.1, 0.15) is 11.3 Å². The molecule has 0 aliphatic rings. The zero-order valence-electron chi connectivity index (χ0n) is 11.2. The van der Waals surface area contributed by atoms with Gasteiger partial charge in [0.2, 0.25) is 0 Å². The molecule has 2 rings (SSSR count). The Bertz CT molecular complexity index is 586. The van der Waals surface area contributed by atoms with Crippen LogP contribution >= 0.6 is 0 Å². The normalized spacial score (nSPS) is 12.2. The van der Waals surface area contributed by atoms with Crippen LogP contribution in [-0.2, 0) is 0 Å². The molecule has 1 atom stereocenters. The Morgan fingerprint density at radius 1 is 1.33 bits per heavy atom. The Morgan fingerprint density at radius 3 is 2.83 bits per heavy atom. The van der Waals surface area contributed by atoms with Gasteiger partial charge >= 0.3 is 0 Å². The summed E-state index contributed by atoms with van der Waals surface area (Å²) in [6, 6.07) is 8.39. The second-order valence-electron chi connectivity index (χ2n) is 4.44. The highest BCUT2D eigenvalue weighted by Crippen LogP contribution is 2.28. The van der Waals surface area contributed by atoms with E-state index in [4.69, 9.17) is 4.42 Å². The number of rotatable bonds is 4. The number of para-hydroxylation sites is 1. The standard InChI is InChI=1S/C16H19NO/c1-4-5-8-11-17-13(3)16-12(2)14-9-6-7-10-15(14)18-16/h6-7,9-10,13,17H,8,11H2,1-3H3. The van der Waals surface area contributed by atoms with Crippen molar-refractivity contribution in [1.29, 1.82) is 0 Å². The largest absolute Gasteiger partial charge is 0.459 e. The van der Waals surface area contributed by atoms with E-state index >= 15 is 0 Å². The minimum Gasteiger partial charge on any atom is -0.459 e. The van der Waals surface area contributed by atoms with E-state index in [2.05, 4.69) is 37.1 Å². The van der Waals surface area contributed by atoms with Crippen LogP contribution < -0.4 is 5.32 Å². The Hall–Kier alpha value is -1.72. The van der Waals surface area contributed by atoms with Crippen LogP contribution in [0.1, 0.15) is 37.6 Å². The van der Waals surface area contributed by atoms with Crippen molar-refractivity contribution < 1.29 is 4.42 Å². The van der Waals surface area contributed by atoms with Crippen LogP contribution in [0.4, 0.5) is 0 Å². The number of hydrogen-bond acceptors (Lipinski definition) is 2. The number of hydrogen-bond donors (Lipinski definition) is 1. The van der Waals surface area contributed by atoms with E-state index < -0.39 is 0 Å². The lowest BCUT2D eigenvalue weighted by molar-refractivity contribution is 0.452. The Labute approximate surface area is 108 Å². The van der Waals surface area contributed by atoms with E-state index in [1.165, 1.54) is 10.9 Å². The van der Waals surface area contributed by atoms with Gasteiger partial charge in [0.15, 0.2) is 0 Å². The molecule has 18 heavy (non-hydrogen) atoms. The molecule has 0 bridgehead atoms. The molecule has 0 saturated heterocycles. The fraction of sp³-hybridized carbons (Fsp3) is 0.375. The highest BCUT2D eigenvalue weighted by atomic mass is 16.3. The van der Waals surface area contributed by atoms with Crippen LogP contribution in [0.25, 0.3) is 11.0 Å². The van der Waals surface area contributed by atoms with Crippen LogP contribution in [-0.4, -0.2) is 6.54 Å². The summed E-state index contributed by atoms with van der Waals surface area (Å²) >= 11 is 0. The quantitative estimate of drug-likeness (QED) is 0.650. The van der Waals surface area contributed by atoms with Crippen molar-refractivity contribution in [2.24, 2.45) is 0 Å². The van der Waals surface area contributed by atoms with E-state index in [1.54, 1.807) is 0 Å². The predicted octanol–water partition coefficient (Wildman–Crippen LogP) is 3.81. The Kier molecular flexibility index (Phi) is 4.07. The summed E-state index contributed by atoms with van der Waals surface area (Å²) in [6.45, 7) is 7.00. The summed E-state index contributed by atoms with van der Waals surface area (Å²) in [4.78, 5) is 0. The number of nitrogens with one attached hydrogen (secondary N) is 1. The Morgan fingerprint density at radius 2 is 2.11 bits per heavy atom. The van der Waals surface area contributed by atoms with Crippen molar-refractivity contribution in [3.63, 3.8) is 0 Å². The third-order valence-corrected chi connectivity index (χ3v) is 3.15. The molecule has 2 heteroatoms. The molecular weight excluding hydrogens is 222 g/mol. The van der Waals surface area contributed by atoms with E-state index in [-0.39, 0.29) is 6.04 Å². The third-order valence-electron chi connectivity index (χ3n) is 3.15. The molecule has 0 aliphatic carbocycles. The van der Waals surface area contributed by atoms with Gasteiger partial charge in [-0.15, -0.1) is 11.8 Å². The molecule has 0 radical (unpaired) electrons. The van der Waals surface area contributed by atoms with Gasteiger partial charge in [-0.05, 0) is 32.4 Å². The van der Waals surface area contributed by atoms with Gasteiger partial charge in [-0.3, -0.25) is 0 Å². The topological polar surface area (TPSA) is 25.2 Å². The molecule has 1 heterocycles. The average Bonchev–Trinajstić information content (AvgIpc) is 2.73. The van der Waals surface area contributed by atoms with Gasteiger partial charge in [-0.2, -0.15) is 0 Å². The predicted molar refractivity (Wildman–Crippen MR) is 75.4 cm³/mol. The summed E-state index contributed by atoms with van der Waals surface area (Å²) < 4.78 is 5.92. The zero-order valence-corrected chi connectivity index (χ0v) is 11.2. The maximum absolute atomic E-state index is 5.92. The third kappa shape index (κ3) is 2.57. The van der Waals surface area contributed by atoms with Crippen LogP contribution in [0, 0.1) is 18.8 Å². The van der Waals surface area contributed by atoms with Gasteiger partial charge in [0.25, 0.3) is 0 Å². The van der Waals surface area contributed by atoms with Gasteiger partial charge in [0.05, 0.1) is 6.04 Å². The number of fused-ring (bicyclic) bond motifs is 1. The first-order valence-electron chi connectivity index (χ1n) is 6.35. The number of aryl methyl sites for hydroxylation is 1. The van der Waals surface area contributed by atoms with Crippen molar-refractivity contribution in [3.05, 3.63) is 35.6 Å². The fourth-order valence-corrected chi connectivity index (χ4v) is 2.18. The summed E-state index contributed by atoms with van der Waals surface area (Å²) in [7, 11) is 0. The first kappa shape index (κ1) is 12.7. The van der Waals surface area contributed by atoms with E-state index in [0.717, 1.165) is 24.3 Å². The molecule has 2 nitrogen and oxygen atoms in total. The smallest absolute Gasteiger partial charge is 0.134 e. The molecule has 2 aromatic rings. The fourth-order valence-electron chi connectivity index (χ4n) is 2.18. The van der Waals surface area contributed by atoms with Gasteiger partial charge in [-0.25, -0.2) is 0 Å². The van der Waals surface area contributed by atoms with Crippen LogP contribution in [0.3, 0.4) is 0 Å². The summed E-state index contributed by atoms with van der Waals surface area (Å²) in [6.07, 6.45) is 0.875. The van der Waals surface area contributed by atoms with Crippen molar-refractivity contribution in [2.75, 3.05) is 6.54 Å². The first-order valence-corrected chi connectivity index (χ1v) is 6.35. The van der Waals surface area contributed by atoms with Crippen molar-refractivity contribution >= 4 is 11.0 Å². The maximum atomic E-state index is 5.92. The van der Waals surface area contributed by atoms with Gasteiger partial charge in [-0.1, -0.05) is 18.2 Å². The molecule has 0 amide bonds. The zero-order chi connectivity index (χ0) is 13.0. The van der Waals surface area contributed by atoms with Crippen molar-refractivity contribution in [3.8, 4) is 11.8 Å². The van der Waals surface area contributed by atoms with E-state index in [0.29, 0.717) is 0 Å². The molecular formula is C16H19NO. The summed E-state index contributed by atoms with van der Waals surface area (Å²) in [5, 5.41) is 4.64. The maximum Gasteiger partial charge on any atom is 0.134 e. The summed E-state index contributed by atoms with van der Waals surface area (Å²) in [5.74, 6) is 6.98. The van der Waals surface area contributed by atoms with Crippen molar-refractivity contribution in [2.45, 2.75) is 33.2 Å². The molecule has 94 valence electrons. The average molecular weight is 241 g/mol.